The summed E-state index contributed by atoms with van der Waals surface area (Å²) in [7, 11) is 0. The maximum Gasteiger partial charge on any atom is 0.324 e. The topological polar surface area (TPSA) is 49.3 Å². The number of aliphatic carboxylic acids is 1. The van der Waals surface area contributed by atoms with Crippen LogP contribution in [0.1, 0.15) is 59.3 Å². The number of hydrogen-bond donors (Lipinski definition) is 2. The summed E-state index contributed by atoms with van der Waals surface area (Å²) in [6.07, 6.45) is 5.97. The van der Waals surface area contributed by atoms with Crippen molar-refractivity contribution >= 4 is 5.97 Å². The Kier molecular flexibility index (Phi) is 4.78. The van der Waals surface area contributed by atoms with Gasteiger partial charge in [-0.05, 0) is 32.1 Å². The summed E-state index contributed by atoms with van der Waals surface area (Å²) < 4.78 is 0. The first-order chi connectivity index (χ1) is 7.56. The second kappa shape index (κ2) is 5.67. The van der Waals surface area contributed by atoms with Crippen molar-refractivity contribution in [1.82, 2.24) is 5.32 Å². The number of carboxylic acids is 1. The number of carboxylic acid groups (broad SMARTS) is 1. The van der Waals surface area contributed by atoms with E-state index in [0.29, 0.717) is 0 Å². The molecule has 3 atom stereocenters. The van der Waals surface area contributed by atoms with Crippen molar-refractivity contribution in [2.75, 3.05) is 0 Å². The lowest BCUT2D eigenvalue weighted by molar-refractivity contribution is -0.150. The van der Waals surface area contributed by atoms with Crippen LogP contribution in [0.15, 0.2) is 0 Å². The third-order valence-electron chi connectivity index (χ3n) is 4.06. The van der Waals surface area contributed by atoms with Crippen LogP contribution in [0.5, 0.6) is 0 Å². The largest absolute Gasteiger partial charge is 0.480 e. The van der Waals surface area contributed by atoms with Crippen LogP contribution in [0.25, 0.3) is 0 Å². The van der Waals surface area contributed by atoms with Crippen LogP contribution in [0.2, 0.25) is 0 Å². The van der Waals surface area contributed by atoms with Gasteiger partial charge in [-0.15, -0.1) is 0 Å². The van der Waals surface area contributed by atoms with Crippen LogP contribution in [-0.2, 0) is 4.79 Å². The summed E-state index contributed by atoms with van der Waals surface area (Å²) in [6.45, 7) is 6.27. The van der Waals surface area contributed by atoms with Crippen LogP contribution in [-0.4, -0.2) is 22.7 Å². The van der Waals surface area contributed by atoms with E-state index in [4.69, 9.17) is 0 Å². The first-order valence-electron chi connectivity index (χ1n) is 6.57. The molecule has 3 heteroatoms. The van der Waals surface area contributed by atoms with Gasteiger partial charge in [-0.3, -0.25) is 10.1 Å². The van der Waals surface area contributed by atoms with Gasteiger partial charge in [0.2, 0.25) is 0 Å². The predicted octanol–water partition coefficient (Wildman–Crippen LogP) is 2.80. The monoisotopic (exact) mass is 227 g/mol. The number of carbonyl (C=O) groups is 1. The molecule has 0 aromatic rings. The molecule has 1 saturated carbocycles. The van der Waals surface area contributed by atoms with Gasteiger partial charge in [0.15, 0.2) is 0 Å². The van der Waals surface area contributed by atoms with Gasteiger partial charge in [0.05, 0.1) is 0 Å². The lowest BCUT2D eigenvalue weighted by atomic mass is 9.71. The van der Waals surface area contributed by atoms with Gasteiger partial charge >= 0.3 is 5.97 Å². The van der Waals surface area contributed by atoms with Crippen LogP contribution in [0, 0.1) is 5.92 Å². The fourth-order valence-electron chi connectivity index (χ4n) is 2.87. The fraction of sp³-hybridized carbons (Fsp3) is 0.923. The molecule has 0 aromatic heterocycles. The molecule has 0 aromatic carbocycles. The number of nitrogens with one attached hydrogen (secondary N) is 1. The van der Waals surface area contributed by atoms with Gasteiger partial charge in [0.25, 0.3) is 0 Å². The zero-order valence-electron chi connectivity index (χ0n) is 10.8. The zero-order chi connectivity index (χ0) is 12.2. The molecule has 0 saturated heterocycles. The summed E-state index contributed by atoms with van der Waals surface area (Å²) >= 11 is 0. The Labute approximate surface area is 98.6 Å². The van der Waals surface area contributed by atoms with Gasteiger partial charge in [-0.1, -0.05) is 33.1 Å². The van der Waals surface area contributed by atoms with E-state index < -0.39 is 11.5 Å². The Morgan fingerprint density at radius 1 is 1.50 bits per heavy atom. The first-order valence-corrected chi connectivity index (χ1v) is 6.57. The average molecular weight is 227 g/mol. The molecule has 0 bridgehead atoms. The molecule has 0 spiro atoms. The second-order valence-electron chi connectivity index (χ2n) is 5.08. The van der Waals surface area contributed by atoms with Gasteiger partial charge in [0.1, 0.15) is 5.54 Å². The van der Waals surface area contributed by atoms with E-state index >= 15 is 0 Å². The molecule has 0 heterocycles. The molecule has 0 radical (unpaired) electrons. The molecule has 0 aliphatic heterocycles. The van der Waals surface area contributed by atoms with E-state index in [1.807, 2.05) is 0 Å². The lowest BCUT2D eigenvalue weighted by Gasteiger charge is -2.43. The third-order valence-corrected chi connectivity index (χ3v) is 4.06. The Morgan fingerprint density at radius 3 is 2.69 bits per heavy atom. The summed E-state index contributed by atoms with van der Waals surface area (Å²) in [6, 6.07) is 0.281. The van der Waals surface area contributed by atoms with E-state index in [0.717, 1.165) is 32.1 Å². The van der Waals surface area contributed by atoms with Crippen LogP contribution in [0.4, 0.5) is 0 Å². The van der Waals surface area contributed by atoms with Gasteiger partial charge in [0, 0.05) is 6.04 Å². The van der Waals surface area contributed by atoms with Crippen LogP contribution in [0.3, 0.4) is 0 Å². The Bertz CT molecular complexity index is 242. The molecule has 1 rings (SSSR count). The summed E-state index contributed by atoms with van der Waals surface area (Å²) in [5, 5.41) is 13.0. The highest BCUT2D eigenvalue weighted by Gasteiger charge is 2.46. The van der Waals surface area contributed by atoms with Gasteiger partial charge in [-0.25, -0.2) is 0 Å². The normalized spacial score (nSPS) is 32.3. The van der Waals surface area contributed by atoms with Crippen molar-refractivity contribution in [3.8, 4) is 0 Å². The fourth-order valence-corrected chi connectivity index (χ4v) is 2.87. The van der Waals surface area contributed by atoms with E-state index in [1.54, 1.807) is 0 Å². The molecular formula is C13H25NO2. The number of rotatable bonds is 5. The van der Waals surface area contributed by atoms with Crippen molar-refractivity contribution in [2.24, 2.45) is 5.92 Å². The molecule has 1 aliphatic carbocycles. The van der Waals surface area contributed by atoms with Crippen molar-refractivity contribution in [2.45, 2.75) is 70.9 Å². The van der Waals surface area contributed by atoms with Gasteiger partial charge < -0.3 is 5.11 Å². The minimum Gasteiger partial charge on any atom is -0.480 e. The molecular weight excluding hydrogens is 202 g/mol. The minimum absolute atomic E-state index is 0.281. The zero-order valence-corrected chi connectivity index (χ0v) is 10.8. The van der Waals surface area contributed by atoms with Crippen LogP contribution < -0.4 is 5.32 Å². The quantitative estimate of drug-likeness (QED) is 0.759. The highest BCUT2D eigenvalue weighted by atomic mass is 16.4. The van der Waals surface area contributed by atoms with Crippen molar-refractivity contribution in [3.05, 3.63) is 0 Å². The Morgan fingerprint density at radius 2 is 2.19 bits per heavy atom. The molecule has 3 unspecified atom stereocenters. The first kappa shape index (κ1) is 13.5. The molecule has 94 valence electrons. The maximum atomic E-state index is 11.6. The molecule has 1 fully saturated rings. The van der Waals surface area contributed by atoms with Crippen molar-refractivity contribution in [1.29, 1.82) is 0 Å². The summed E-state index contributed by atoms with van der Waals surface area (Å²) in [4.78, 5) is 11.6. The van der Waals surface area contributed by atoms with Crippen molar-refractivity contribution in [3.63, 3.8) is 0 Å². The third kappa shape index (κ3) is 2.57. The predicted molar refractivity (Wildman–Crippen MR) is 65.5 cm³/mol. The van der Waals surface area contributed by atoms with Gasteiger partial charge in [-0.2, -0.15) is 0 Å². The van der Waals surface area contributed by atoms with E-state index in [-0.39, 0.29) is 12.0 Å². The van der Waals surface area contributed by atoms with E-state index in [9.17, 15) is 9.90 Å². The molecule has 1 aliphatic rings. The SMILES string of the molecule is CCC(C)NC1(C(=O)O)CCCCC1CC. The second-order valence-corrected chi connectivity index (χ2v) is 5.08. The summed E-state index contributed by atoms with van der Waals surface area (Å²) in [5.74, 6) is -0.368. The van der Waals surface area contributed by atoms with E-state index in [1.165, 1.54) is 6.42 Å². The summed E-state index contributed by atoms with van der Waals surface area (Å²) in [5.41, 5.74) is -0.664. The Hall–Kier alpha value is -0.570. The molecule has 2 N–H and O–H groups in total. The lowest BCUT2D eigenvalue weighted by Crippen LogP contribution is -2.61. The molecule has 16 heavy (non-hydrogen) atoms. The highest BCUT2D eigenvalue weighted by Crippen LogP contribution is 2.36. The molecule has 0 amide bonds. The standard InChI is InChI=1S/C13H25NO2/c1-4-10(3)14-13(12(15)16)9-7-6-8-11(13)5-2/h10-11,14H,4-9H2,1-3H3,(H,15,16). The number of hydrogen-bond acceptors (Lipinski definition) is 2. The highest BCUT2D eigenvalue weighted by molar-refractivity contribution is 5.79. The maximum absolute atomic E-state index is 11.6. The minimum atomic E-state index is -0.664. The molecule has 3 nitrogen and oxygen atoms in total. The average Bonchev–Trinajstić information content (AvgIpc) is 2.29. The Balaban J connectivity index is 2.87. The van der Waals surface area contributed by atoms with Crippen LogP contribution >= 0.6 is 0 Å². The van der Waals surface area contributed by atoms with Crippen molar-refractivity contribution < 1.29 is 9.90 Å². The van der Waals surface area contributed by atoms with E-state index in [2.05, 4.69) is 26.1 Å². The smallest absolute Gasteiger partial charge is 0.324 e.